The van der Waals surface area contributed by atoms with Crippen LogP contribution in [0, 0.1) is 0 Å². The minimum Gasteiger partial charge on any atom is -0.480 e. The van der Waals surface area contributed by atoms with E-state index in [1.165, 1.54) is 34.3 Å². The Balaban J connectivity index is 1.92. The zero-order chi connectivity index (χ0) is 19.9. The van der Waals surface area contributed by atoms with Crippen LogP contribution in [0.1, 0.15) is 20.8 Å². The molecule has 2 unspecified atom stereocenters. The monoisotopic (exact) mass is 410 g/mol. The maximum Gasteiger partial charge on any atom is 0.337 e. The lowest BCUT2D eigenvalue weighted by molar-refractivity contribution is -0.146. The fraction of sp³-hybridized carbons (Fsp3) is 0.412. The molecule has 3 atom stereocenters. The van der Waals surface area contributed by atoms with E-state index < -0.39 is 34.7 Å². The molecule has 1 N–H and O–H groups in total. The third kappa shape index (κ3) is 3.46. The van der Waals surface area contributed by atoms with Crippen molar-refractivity contribution in [3.63, 3.8) is 0 Å². The molecule has 1 aromatic heterocycles. The molecule has 0 radical (unpaired) electrons. The van der Waals surface area contributed by atoms with Crippen molar-refractivity contribution in [1.29, 1.82) is 0 Å². The number of aliphatic carboxylic acids is 1. The number of thioether (sulfide) groups is 1. The van der Waals surface area contributed by atoms with Gasteiger partial charge in [-0.2, -0.15) is 0 Å². The zero-order valence-corrected chi connectivity index (χ0v) is 16.5. The van der Waals surface area contributed by atoms with Crippen LogP contribution in [-0.4, -0.2) is 56.5 Å². The zero-order valence-electron chi connectivity index (χ0n) is 14.8. The molecule has 1 fully saturated rings. The van der Waals surface area contributed by atoms with Gasteiger partial charge < -0.3 is 14.7 Å². The maximum atomic E-state index is 12.7. The van der Waals surface area contributed by atoms with Crippen molar-refractivity contribution in [2.24, 2.45) is 0 Å². The smallest absolute Gasteiger partial charge is 0.337 e. The first-order valence-electron chi connectivity index (χ1n) is 8.18. The summed E-state index contributed by atoms with van der Waals surface area (Å²) in [5.41, 5.74) is -0.0882. The quantitative estimate of drug-likeness (QED) is 0.582. The Morgan fingerprint density at radius 2 is 2.04 bits per heavy atom. The molecule has 2 aliphatic rings. The van der Waals surface area contributed by atoms with Crippen LogP contribution in [0.3, 0.4) is 0 Å². The summed E-state index contributed by atoms with van der Waals surface area (Å²) in [7, 11) is 0. The number of hydrogen-bond acceptors (Lipinski definition) is 7. The van der Waals surface area contributed by atoms with E-state index >= 15 is 0 Å². The number of esters is 1. The molecule has 27 heavy (non-hydrogen) atoms. The average molecular weight is 410 g/mol. The highest BCUT2D eigenvalue weighted by molar-refractivity contribution is 8.01. The first-order chi connectivity index (χ1) is 12.7. The molecule has 1 saturated heterocycles. The molecule has 2 amide bonds. The van der Waals surface area contributed by atoms with Crippen molar-refractivity contribution >= 4 is 51.9 Å². The van der Waals surface area contributed by atoms with E-state index in [4.69, 9.17) is 4.74 Å². The predicted octanol–water partition coefficient (Wildman–Crippen LogP) is 1.67. The van der Waals surface area contributed by atoms with Crippen LogP contribution in [0.2, 0.25) is 0 Å². The van der Waals surface area contributed by atoms with Gasteiger partial charge in [-0.25, -0.2) is 4.79 Å². The molecule has 0 aliphatic carbocycles. The number of carbonyl (C=O) groups is 4. The number of carboxylic acid groups (broad SMARTS) is 1. The van der Waals surface area contributed by atoms with Crippen LogP contribution >= 0.6 is 23.1 Å². The summed E-state index contributed by atoms with van der Waals surface area (Å²) < 4.78 is 5.10. The summed E-state index contributed by atoms with van der Waals surface area (Å²) in [6.07, 6.45) is 0.832. The maximum absolute atomic E-state index is 12.7. The Bertz CT molecular complexity index is 819. The number of carboxylic acids is 1. The van der Waals surface area contributed by atoms with Crippen LogP contribution in [0.15, 0.2) is 29.3 Å². The van der Waals surface area contributed by atoms with Crippen molar-refractivity contribution in [3.05, 3.63) is 29.3 Å². The second-order valence-corrected chi connectivity index (χ2v) is 8.47. The number of hydrogen-bond donors (Lipinski definition) is 1. The molecule has 3 rings (SSSR count). The van der Waals surface area contributed by atoms with E-state index in [1.807, 2.05) is 0 Å². The van der Waals surface area contributed by atoms with E-state index in [1.54, 1.807) is 31.4 Å². The molecular weight excluding hydrogens is 392 g/mol. The lowest BCUT2D eigenvalue weighted by Gasteiger charge is -2.51. The Hall–Kier alpha value is -2.33. The summed E-state index contributed by atoms with van der Waals surface area (Å²) in [5, 5.41) is 10.2. The van der Waals surface area contributed by atoms with E-state index in [-0.39, 0.29) is 17.4 Å². The number of ether oxygens (including phenoxy) is 1. The number of amides is 2. The fourth-order valence-corrected chi connectivity index (χ4v) is 5.13. The number of nitrogens with zero attached hydrogens (tertiary/aromatic N) is 2. The third-order valence-electron chi connectivity index (χ3n) is 4.05. The van der Waals surface area contributed by atoms with Crippen LogP contribution in [0.25, 0.3) is 0 Å². The third-order valence-corrected chi connectivity index (χ3v) is 6.41. The molecule has 144 valence electrons. The van der Waals surface area contributed by atoms with E-state index in [2.05, 4.69) is 0 Å². The summed E-state index contributed by atoms with van der Waals surface area (Å²) in [6, 6.07) is 2.68. The Kier molecular flexibility index (Phi) is 5.29. The molecule has 2 aliphatic heterocycles. The second-order valence-electron chi connectivity index (χ2n) is 6.31. The predicted molar refractivity (Wildman–Crippen MR) is 100 cm³/mol. The van der Waals surface area contributed by atoms with Gasteiger partial charge >= 0.3 is 11.9 Å². The largest absolute Gasteiger partial charge is 0.480 e. The lowest BCUT2D eigenvalue weighted by Crippen LogP contribution is -2.70. The molecule has 3 heterocycles. The van der Waals surface area contributed by atoms with Crippen LogP contribution in [0.4, 0.5) is 5.00 Å². The van der Waals surface area contributed by atoms with Crippen molar-refractivity contribution in [1.82, 2.24) is 4.90 Å². The van der Waals surface area contributed by atoms with Gasteiger partial charge in [0.1, 0.15) is 16.7 Å². The Morgan fingerprint density at radius 3 is 2.56 bits per heavy atom. The highest BCUT2D eigenvalue weighted by Gasteiger charge is 2.56. The number of fused-ring (bicyclic) bond motifs is 1. The molecule has 10 heteroatoms. The van der Waals surface area contributed by atoms with Crippen molar-refractivity contribution in [3.8, 4) is 0 Å². The van der Waals surface area contributed by atoms with Gasteiger partial charge in [0, 0.05) is 13.1 Å². The van der Waals surface area contributed by atoms with Gasteiger partial charge in [0.05, 0.1) is 16.7 Å². The van der Waals surface area contributed by atoms with Crippen LogP contribution in [0.5, 0.6) is 0 Å². The van der Waals surface area contributed by atoms with E-state index in [0.717, 1.165) is 11.8 Å². The molecule has 0 aromatic carbocycles. The van der Waals surface area contributed by atoms with Crippen LogP contribution < -0.4 is 4.90 Å². The topological polar surface area (TPSA) is 104 Å². The van der Waals surface area contributed by atoms with Gasteiger partial charge in [-0.15, -0.1) is 23.1 Å². The van der Waals surface area contributed by atoms with Crippen molar-refractivity contribution < 1.29 is 29.0 Å². The molecule has 0 spiro atoms. The number of anilines is 1. The summed E-state index contributed by atoms with van der Waals surface area (Å²) in [4.78, 5) is 51.5. The van der Waals surface area contributed by atoms with Crippen molar-refractivity contribution in [2.45, 2.75) is 43.5 Å². The summed E-state index contributed by atoms with van der Waals surface area (Å²) in [5.74, 6) is -2.64. The summed E-state index contributed by atoms with van der Waals surface area (Å²) >= 11 is 2.27. The first kappa shape index (κ1) is 19.4. The number of rotatable bonds is 5. The van der Waals surface area contributed by atoms with Gasteiger partial charge in [-0.1, -0.05) is 0 Å². The summed E-state index contributed by atoms with van der Waals surface area (Å²) in [6.45, 7) is 4.67. The van der Waals surface area contributed by atoms with Crippen molar-refractivity contribution in [2.75, 3.05) is 4.90 Å². The first-order valence-corrected chi connectivity index (χ1v) is 10.0. The molecule has 8 nitrogen and oxygen atoms in total. The molecular formula is C17H18N2O6S2. The van der Waals surface area contributed by atoms with Gasteiger partial charge in [0.2, 0.25) is 5.91 Å². The van der Waals surface area contributed by atoms with Gasteiger partial charge in [-0.05, 0) is 31.4 Å². The molecule has 0 bridgehead atoms. The Labute approximate surface area is 163 Å². The highest BCUT2D eigenvalue weighted by atomic mass is 32.2. The number of β-lactam (4-membered cyclic amide) rings is 1. The van der Waals surface area contributed by atoms with Gasteiger partial charge in [0.15, 0.2) is 0 Å². The fourth-order valence-electron chi connectivity index (χ4n) is 2.94. The number of carbonyl (C=O) groups excluding carboxylic acids is 3. The molecule has 1 aromatic rings. The lowest BCUT2D eigenvalue weighted by atomic mass is 10.0. The number of thiophene rings is 1. The van der Waals surface area contributed by atoms with Gasteiger partial charge in [0.25, 0.3) is 5.91 Å². The van der Waals surface area contributed by atoms with E-state index in [0.29, 0.717) is 5.00 Å². The highest BCUT2D eigenvalue weighted by Crippen LogP contribution is 2.44. The SMILES string of the molecule is CC(=O)N(c1cccs1)C1C(=O)N2C=C(C(=O)OC(C)C)C(C(=O)O)S[C@H]12. The van der Waals surface area contributed by atoms with Crippen LogP contribution in [-0.2, 0) is 23.9 Å². The molecule has 0 saturated carbocycles. The Morgan fingerprint density at radius 1 is 1.33 bits per heavy atom. The van der Waals surface area contributed by atoms with E-state index in [9.17, 15) is 24.3 Å². The minimum atomic E-state index is -1.20. The minimum absolute atomic E-state index is 0.0882. The second kappa shape index (κ2) is 7.35. The van der Waals surface area contributed by atoms with Gasteiger partial charge in [-0.3, -0.25) is 19.3 Å². The normalized spacial score (nSPS) is 24.0. The average Bonchev–Trinajstić information content (AvgIpc) is 3.10. The standard InChI is InChI=1S/C17H18N2O6S2/c1-8(2)25-17(24)10-7-18-14(21)12(15(18)27-13(10)16(22)23)19(9(3)20)11-5-4-6-26-11/h4-8,12-13,15H,1-3H3,(H,22,23)/t12?,13?,15-/m1/s1.